The lowest BCUT2D eigenvalue weighted by Crippen LogP contribution is -2.11. The van der Waals surface area contributed by atoms with Gasteiger partial charge >= 0.3 is 0 Å². The highest BCUT2D eigenvalue weighted by Crippen LogP contribution is 2.47. The van der Waals surface area contributed by atoms with E-state index in [0.717, 1.165) is 56.0 Å². The van der Waals surface area contributed by atoms with Gasteiger partial charge in [0.15, 0.2) is 0 Å². The number of para-hydroxylation sites is 2. The number of rotatable bonds is 8. The van der Waals surface area contributed by atoms with Gasteiger partial charge in [-0.15, -0.1) is 0 Å². The Kier molecular flexibility index (Phi) is 8.55. The van der Waals surface area contributed by atoms with E-state index >= 15 is 0 Å². The Balaban J connectivity index is 1.09. The molecule has 0 aliphatic heterocycles. The van der Waals surface area contributed by atoms with Crippen LogP contribution < -0.4 is 4.90 Å². The van der Waals surface area contributed by atoms with E-state index in [0.29, 0.717) is 0 Å². The molecule has 0 bridgehead atoms. The molecule has 10 aromatic rings. The van der Waals surface area contributed by atoms with Crippen molar-refractivity contribution in [1.82, 2.24) is 0 Å². The minimum atomic E-state index is 0.848. The normalized spacial score (nSPS) is 11.2. The maximum absolute atomic E-state index is 6.81. The van der Waals surface area contributed by atoms with Gasteiger partial charge < -0.3 is 9.32 Å². The number of furan rings is 1. The second-order valence-electron chi connectivity index (χ2n) is 14.1. The molecule has 56 heavy (non-hydrogen) atoms. The number of fused-ring (bicyclic) bond motifs is 2. The molecule has 0 fully saturated rings. The summed E-state index contributed by atoms with van der Waals surface area (Å²) in [5, 5.41) is 3.57. The summed E-state index contributed by atoms with van der Waals surface area (Å²) in [5.74, 6) is 0.848. The number of benzene rings is 9. The summed E-state index contributed by atoms with van der Waals surface area (Å²) in [6.07, 6.45) is 0. The van der Waals surface area contributed by atoms with Crippen LogP contribution in [0.4, 0.5) is 17.1 Å². The second kappa shape index (κ2) is 14.4. The van der Waals surface area contributed by atoms with Crippen LogP contribution in [0.25, 0.3) is 77.6 Å². The van der Waals surface area contributed by atoms with Crippen LogP contribution in [0.1, 0.15) is 0 Å². The molecular formula is C54H37NO. The van der Waals surface area contributed by atoms with Gasteiger partial charge in [0.05, 0.1) is 5.69 Å². The second-order valence-corrected chi connectivity index (χ2v) is 14.1. The van der Waals surface area contributed by atoms with Gasteiger partial charge in [0.2, 0.25) is 0 Å². The van der Waals surface area contributed by atoms with E-state index in [9.17, 15) is 0 Å². The van der Waals surface area contributed by atoms with E-state index < -0.39 is 0 Å². The highest BCUT2D eigenvalue weighted by Gasteiger charge is 2.24. The van der Waals surface area contributed by atoms with E-state index in [-0.39, 0.29) is 0 Å². The molecule has 0 atom stereocenters. The van der Waals surface area contributed by atoms with Gasteiger partial charge in [-0.2, -0.15) is 0 Å². The summed E-state index contributed by atoms with van der Waals surface area (Å²) >= 11 is 0. The third-order valence-electron chi connectivity index (χ3n) is 10.7. The summed E-state index contributed by atoms with van der Waals surface area (Å²) in [5.41, 5.74) is 14.4. The van der Waals surface area contributed by atoms with Crippen molar-refractivity contribution in [2.45, 2.75) is 0 Å². The quantitative estimate of drug-likeness (QED) is 0.156. The summed E-state index contributed by atoms with van der Waals surface area (Å²) in [6, 6.07) is 79.9. The van der Waals surface area contributed by atoms with Crippen molar-refractivity contribution in [3.05, 3.63) is 224 Å². The lowest BCUT2D eigenvalue weighted by molar-refractivity contribution is 0.632. The molecule has 0 saturated heterocycles. The number of nitrogens with zero attached hydrogens (tertiary/aromatic N) is 1. The fourth-order valence-electron chi connectivity index (χ4n) is 7.87. The molecule has 0 amide bonds. The highest BCUT2D eigenvalue weighted by atomic mass is 16.3. The average Bonchev–Trinajstić information content (AvgIpc) is 3.67. The van der Waals surface area contributed by atoms with Crippen LogP contribution in [-0.2, 0) is 0 Å². The molecular weight excluding hydrogens is 679 g/mol. The third-order valence-corrected chi connectivity index (χ3v) is 10.7. The topological polar surface area (TPSA) is 16.4 Å². The minimum absolute atomic E-state index is 0.848. The first-order chi connectivity index (χ1) is 27.8. The lowest BCUT2D eigenvalue weighted by atomic mass is 9.96. The third kappa shape index (κ3) is 6.24. The van der Waals surface area contributed by atoms with Crippen molar-refractivity contribution in [2.24, 2.45) is 0 Å². The van der Waals surface area contributed by atoms with Crippen molar-refractivity contribution in [2.75, 3.05) is 4.90 Å². The molecule has 1 heterocycles. The van der Waals surface area contributed by atoms with Gasteiger partial charge in [-0.25, -0.2) is 0 Å². The molecule has 0 aliphatic carbocycles. The molecule has 264 valence electrons. The molecule has 0 spiro atoms. The molecule has 10 rings (SSSR count). The zero-order chi connectivity index (χ0) is 37.3. The van der Waals surface area contributed by atoms with E-state index in [4.69, 9.17) is 4.42 Å². The summed E-state index contributed by atoms with van der Waals surface area (Å²) in [4.78, 5) is 2.35. The Morgan fingerprint density at radius 2 is 0.786 bits per heavy atom. The number of hydrogen-bond acceptors (Lipinski definition) is 2. The van der Waals surface area contributed by atoms with Crippen LogP contribution in [0, 0.1) is 0 Å². The van der Waals surface area contributed by atoms with Gasteiger partial charge in [-0.1, -0.05) is 176 Å². The monoisotopic (exact) mass is 715 g/mol. The van der Waals surface area contributed by atoms with Gasteiger partial charge in [-0.05, 0) is 98.2 Å². The fourth-order valence-corrected chi connectivity index (χ4v) is 7.87. The molecule has 1 aromatic heterocycles. The highest BCUT2D eigenvalue weighted by molar-refractivity contribution is 6.04. The Bertz CT molecular complexity index is 2930. The van der Waals surface area contributed by atoms with Crippen LogP contribution in [0.3, 0.4) is 0 Å². The van der Waals surface area contributed by atoms with Gasteiger partial charge in [0.1, 0.15) is 11.3 Å². The zero-order valence-corrected chi connectivity index (χ0v) is 30.7. The van der Waals surface area contributed by atoms with Crippen molar-refractivity contribution in [3.63, 3.8) is 0 Å². The minimum Gasteiger partial charge on any atom is -0.455 e. The molecule has 0 saturated carbocycles. The molecule has 9 aromatic carbocycles. The van der Waals surface area contributed by atoms with Crippen LogP contribution in [0.5, 0.6) is 0 Å². The molecule has 0 unspecified atom stereocenters. The van der Waals surface area contributed by atoms with E-state index in [1.807, 2.05) is 6.07 Å². The van der Waals surface area contributed by atoms with E-state index in [2.05, 4.69) is 223 Å². The molecule has 2 heteroatoms. The van der Waals surface area contributed by atoms with Crippen LogP contribution in [-0.4, -0.2) is 0 Å². The Labute approximate surface area is 327 Å². The fraction of sp³-hybridized carbons (Fsp3) is 0. The first kappa shape index (κ1) is 33.2. The van der Waals surface area contributed by atoms with E-state index in [1.165, 1.54) is 38.6 Å². The Morgan fingerprint density at radius 3 is 1.45 bits per heavy atom. The molecule has 0 radical (unpaired) electrons. The SMILES string of the molecule is c1ccc(-c2ccc(-c3ccc(N(c4ccc(-c5ccc6ccccc6c5)cc4)c4ccccc4-c4oc5ccccc5c4-c4ccccc4)cc3)cc2)cc1. The van der Waals surface area contributed by atoms with Crippen molar-refractivity contribution >= 4 is 38.8 Å². The summed E-state index contributed by atoms with van der Waals surface area (Å²) in [7, 11) is 0. The van der Waals surface area contributed by atoms with Crippen LogP contribution >= 0.6 is 0 Å². The van der Waals surface area contributed by atoms with Gasteiger partial charge in [0, 0.05) is 27.9 Å². The van der Waals surface area contributed by atoms with E-state index in [1.54, 1.807) is 0 Å². The van der Waals surface area contributed by atoms with Crippen molar-refractivity contribution in [1.29, 1.82) is 0 Å². The molecule has 0 N–H and O–H groups in total. The van der Waals surface area contributed by atoms with Gasteiger partial charge in [0.25, 0.3) is 0 Å². The van der Waals surface area contributed by atoms with Crippen LogP contribution in [0.15, 0.2) is 229 Å². The van der Waals surface area contributed by atoms with Crippen LogP contribution in [0.2, 0.25) is 0 Å². The maximum Gasteiger partial charge on any atom is 0.145 e. The Hall–Kier alpha value is -7.42. The standard InChI is InChI=1S/C54H37NO/c1-3-13-38(14-4-1)40-23-25-41(26-24-40)42-29-33-47(34-30-42)55(48-35-31-43(32-36-48)46-28-27-39-15-7-8-18-45(39)37-46)51-21-11-9-19-49(51)54-53(44-16-5-2-6-17-44)50-20-10-12-22-52(50)56-54/h1-37H. The number of anilines is 3. The number of hydrogen-bond donors (Lipinski definition) is 0. The smallest absolute Gasteiger partial charge is 0.145 e. The zero-order valence-electron chi connectivity index (χ0n) is 30.7. The van der Waals surface area contributed by atoms with Crippen molar-refractivity contribution < 1.29 is 4.42 Å². The van der Waals surface area contributed by atoms with Gasteiger partial charge in [-0.3, -0.25) is 0 Å². The average molecular weight is 716 g/mol. The molecule has 2 nitrogen and oxygen atoms in total. The molecule has 0 aliphatic rings. The Morgan fingerprint density at radius 1 is 0.321 bits per heavy atom. The van der Waals surface area contributed by atoms with Crippen molar-refractivity contribution in [3.8, 4) is 55.8 Å². The predicted molar refractivity (Wildman–Crippen MR) is 236 cm³/mol. The predicted octanol–water partition coefficient (Wildman–Crippen LogP) is 15.4. The summed E-state index contributed by atoms with van der Waals surface area (Å²) in [6.45, 7) is 0. The summed E-state index contributed by atoms with van der Waals surface area (Å²) < 4.78 is 6.81. The lowest BCUT2D eigenvalue weighted by Gasteiger charge is -2.28. The first-order valence-electron chi connectivity index (χ1n) is 19.1. The largest absolute Gasteiger partial charge is 0.455 e. The maximum atomic E-state index is 6.81. The first-order valence-corrected chi connectivity index (χ1v) is 19.1.